The smallest absolute Gasteiger partial charge is 0.253 e. The molecule has 1 aliphatic carbocycles. The Morgan fingerprint density at radius 2 is 1.93 bits per heavy atom. The summed E-state index contributed by atoms with van der Waals surface area (Å²) < 4.78 is 13.4. The van der Waals surface area contributed by atoms with Crippen molar-refractivity contribution in [1.29, 1.82) is 0 Å². The highest BCUT2D eigenvalue weighted by Gasteiger charge is 2.23. The van der Waals surface area contributed by atoms with Gasteiger partial charge in [0, 0.05) is 31.0 Å². The molecular formula is C24H34N2O4. The van der Waals surface area contributed by atoms with E-state index in [4.69, 9.17) is 14.6 Å². The Hall–Kier alpha value is -2.47. The highest BCUT2D eigenvalue weighted by atomic mass is 16.5. The van der Waals surface area contributed by atoms with E-state index in [-0.39, 0.29) is 12.5 Å². The van der Waals surface area contributed by atoms with Crippen molar-refractivity contribution >= 4 is 5.91 Å². The van der Waals surface area contributed by atoms with Gasteiger partial charge in [0.25, 0.3) is 5.91 Å². The Labute approximate surface area is 179 Å². The number of benzene rings is 1. The number of amides is 1. The van der Waals surface area contributed by atoms with Gasteiger partial charge in [-0.05, 0) is 56.4 Å². The fourth-order valence-corrected chi connectivity index (χ4v) is 4.35. The molecule has 1 aliphatic rings. The number of hydrogen-bond acceptors (Lipinski definition) is 4. The molecule has 1 aromatic carbocycles. The number of carbonyl (C=O) groups excluding carboxylic acids is 1. The third kappa shape index (κ3) is 4.98. The molecule has 0 bridgehead atoms. The van der Waals surface area contributed by atoms with E-state index in [2.05, 4.69) is 9.88 Å². The van der Waals surface area contributed by atoms with Crippen LogP contribution >= 0.6 is 0 Å². The number of nitrogens with zero attached hydrogens (tertiary/aromatic N) is 1. The highest BCUT2D eigenvalue weighted by Crippen LogP contribution is 2.37. The van der Waals surface area contributed by atoms with Crippen molar-refractivity contribution in [2.24, 2.45) is 5.92 Å². The number of ether oxygens (including phenoxy) is 2. The summed E-state index contributed by atoms with van der Waals surface area (Å²) in [5.74, 6) is 2.02. The SMILES string of the molecule is COc1ccc(OC)c(-c2cc(C(=O)NCCCO)c(C)n2CC2CCCCC2)c1. The predicted molar refractivity (Wildman–Crippen MR) is 118 cm³/mol. The second-order valence-electron chi connectivity index (χ2n) is 8.04. The Bertz CT molecular complexity index is 853. The summed E-state index contributed by atoms with van der Waals surface area (Å²) in [6.45, 7) is 3.43. The lowest BCUT2D eigenvalue weighted by atomic mass is 9.89. The minimum atomic E-state index is -0.105. The van der Waals surface area contributed by atoms with Crippen molar-refractivity contribution in [3.63, 3.8) is 0 Å². The molecule has 6 heteroatoms. The number of hydrogen-bond donors (Lipinski definition) is 2. The van der Waals surface area contributed by atoms with Gasteiger partial charge in [0.15, 0.2) is 0 Å². The van der Waals surface area contributed by atoms with E-state index >= 15 is 0 Å². The summed E-state index contributed by atoms with van der Waals surface area (Å²) in [7, 11) is 3.31. The lowest BCUT2D eigenvalue weighted by Gasteiger charge is -2.24. The van der Waals surface area contributed by atoms with Gasteiger partial charge in [0.2, 0.25) is 0 Å². The van der Waals surface area contributed by atoms with Gasteiger partial charge < -0.3 is 24.5 Å². The molecule has 30 heavy (non-hydrogen) atoms. The lowest BCUT2D eigenvalue weighted by molar-refractivity contribution is 0.0950. The van der Waals surface area contributed by atoms with Crippen LogP contribution in [-0.2, 0) is 6.54 Å². The monoisotopic (exact) mass is 414 g/mol. The third-order valence-electron chi connectivity index (χ3n) is 6.08. The number of aliphatic hydroxyl groups is 1. The molecule has 1 heterocycles. The largest absolute Gasteiger partial charge is 0.497 e. The standard InChI is InChI=1S/C24H34N2O4/c1-17-20(24(28)25-12-7-13-27)15-22(26(17)16-18-8-5-4-6-9-18)21-14-19(29-2)10-11-23(21)30-3/h10-11,14-15,18,27H,4-9,12-13,16H2,1-3H3,(H,25,28). The van der Waals surface area contributed by atoms with Gasteiger partial charge in [-0.2, -0.15) is 0 Å². The first-order chi connectivity index (χ1) is 14.6. The lowest BCUT2D eigenvalue weighted by Crippen LogP contribution is -2.25. The summed E-state index contributed by atoms with van der Waals surface area (Å²) in [5.41, 5.74) is 3.52. The number of nitrogens with one attached hydrogen (secondary N) is 1. The first-order valence-corrected chi connectivity index (χ1v) is 10.9. The van der Waals surface area contributed by atoms with Crippen LogP contribution in [0.4, 0.5) is 0 Å². The molecule has 2 aromatic rings. The van der Waals surface area contributed by atoms with Crippen molar-refractivity contribution in [3.8, 4) is 22.8 Å². The summed E-state index contributed by atoms with van der Waals surface area (Å²) in [5, 5.41) is 11.9. The van der Waals surface area contributed by atoms with Crippen molar-refractivity contribution in [1.82, 2.24) is 9.88 Å². The quantitative estimate of drug-likeness (QED) is 0.604. The minimum absolute atomic E-state index is 0.0637. The van der Waals surface area contributed by atoms with Gasteiger partial charge in [-0.1, -0.05) is 19.3 Å². The first kappa shape index (κ1) is 22.2. The first-order valence-electron chi connectivity index (χ1n) is 10.9. The van der Waals surface area contributed by atoms with Crippen LogP contribution in [0.25, 0.3) is 11.3 Å². The van der Waals surface area contributed by atoms with Gasteiger partial charge in [-0.25, -0.2) is 0 Å². The zero-order chi connectivity index (χ0) is 21.5. The van der Waals surface area contributed by atoms with Crippen LogP contribution in [0.2, 0.25) is 0 Å². The van der Waals surface area contributed by atoms with Crippen LogP contribution < -0.4 is 14.8 Å². The maximum Gasteiger partial charge on any atom is 0.253 e. The summed E-state index contributed by atoms with van der Waals surface area (Å²) in [4.78, 5) is 12.8. The normalized spacial score (nSPS) is 14.5. The molecule has 1 aromatic heterocycles. The van der Waals surface area contributed by atoms with E-state index in [1.165, 1.54) is 32.1 Å². The molecule has 3 rings (SSSR count). The van der Waals surface area contributed by atoms with E-state index in [0.29, 0.717) is 24.4 Å². The topological polar surface area (TPSA) is 72.7 Å². The maximum atomic E-state index is 12.8. The van der Waals surface area contributed by atoms with Crippen molar-refractivity contribution in [3.05, 3.63) is 35.5 Å². The van der Waals surface area contributed by atoms with Crippen LogP contribution in [0.3, 0.4) is 0 Å². The molecule has 1 saturated carbocycles. The van der Waals surface area contributed by atoms with Crippen LogP contribution in [0.5, 0.6) is 11.5 Å². The Balaban J connectivity index is 2.03. The molecule has 0 spiro atoms. The number of rotatable bonds is 9. The highest BCUT2D eigenvalue weighted by molar-refractivity contribution is 5.97. The number of methoxy groups -OCH3 is 2. The molecule has 2 N–H and O–H groups in total. The zero-order valence-corrected chi connectivity index (χ0v) is 18.4. The molecule has 0 aliphatic heterocycles. The average molecular weight is 415 g/mol. The van der Waals surface area contributed by atoms with E-state index in [0.717, 1.165) is 35.0 Å². The van der Waals surface area contributed by atoms with Gasteiger partial charge >= 0.3 is 0 Å². The van der Waals surface area contributed by atoms with E-state index < -0.39 is 0 Å². The number of aliphatic hydroxyl groups excluding tert-OH is 1. The minimum Gasteiger partial charge on any atom is -0.497 e. The van der Waals surface area contributed by atoms with Crippen LogP contribution in [0.15, 0.2) is 24.3 Å². The van der Waals surface area contributed by atoms with E-state index in [1.807, 2.05) is 31.2 Å². The Morgan fingerprint density at radius 3 is 2.60 bits per heavy atom. The van der Waals surface area contributed by atoms with E-state index in [9.17, 15) is 4.79 Å². The Kier molecular flexibility index (Phi) is 7.80. The fourth-order valence-electron chi connectivity index (χ4n) is 4.35. The van der Waals surface area contributed by atoms with Crippen molar-refractivity contribution in [2.45, 2.75) is 52.0 Å². The summed E-state index contributed by atoms with van der Waals surface area (Å²) in [6.07, 6.45) is 6.86. The number of carbonyl (C=O) groups is 1. The average Bonchev–Trinajstić information content (AvgIpc) is 3.10. The second-order valence-corrected chi connectivity index (χ2v) is 8.04. The maximum absolute atomic E-state index is 12.8. The molecule has 1 fully saturated rings. The van der Waals surface area contributed by atoms with E-state index in [1.54, 1.807) is 14.2 Å². The molecule has 6 nitrogen and oxygen atoms in total. The fraction of sp³-hybridized carbons (Fsp3) is 0.542. The molecule has 0 radical (unpaired) electrons. The van der Waals surface area contributed by atoms with Gasteiger partial charge in [-0.3, -0.25) is 4.79 Å². The van der Waals surface area contributed by atoms with Gasteiger partial charge in [-0.15, -0.1) is 0 Å². The van der Waals surface area contributed by atoms with Crippen molar-refractivity contribution < 1.29 is 19.4 Å². The molecule has 0 saturated heterocycles. The summed E-state index contributed by atoms with van der Waals surface area (Å²) in [6, 6.07) is 7.72. The molecule has 164 valence electrons. The number of aromatic nitrogens is 1. The Morgan fingerprint density at radius 1 is 1.17 bits per heavy atom. The predicted octanol–water partition coefficient (Wildman–Crippen LogP) is 4.17. The van der Waals surface area contributed by atoms with Crippen LogP contribution in [-0.4, -0.2) is 43.0 Å². The molecular weight excluding hydrogens is 380 g/mol. The third-order valence-corrected chi connectivity index (χ3v) is 6.08. The van der Waals surface area contributed by atoms with Gasteiger partial charge in [0.1, 0.15) is 11.5 Å². The molecule has 0 atom stereocenters. The molecule has 0 unspecified atom stereocenters. The zero-order valence-electron chi connectivity index (χ0n) is 18.4. The van der Waals surface area contributed by atoms with Crippen LogP contribution in [0, 0.1) is 12.8 Å². The summed E-state index contributed by atoms with van der Waals surface area (Å²) >= 11 is 0. The second kappa shape index (κ2) is 10.5. The van der Waals surface area contributed by atoms with Gasteiger partial charge in [0.05, 0.1) is 25.5 Å². The molecule has 1 amide bonds. The van der Waals surface area contributed by atoms with Crippen molar-refractivity contribution in [2.75, 3.05) is 27.4 Å². The van der Waals surface area contributed by atoms with Crippen LogP contribution in [0.1, 0.15) is 54.6 Å².